The zero-order valence-electron chi connectivity index (χ0n) is 16.0. The SMILES string of the molecule is N#Cc1cccc(O[C@H]2C[C@H](n3nc4n(c3=O)[C@H](c3cc(F)cc(F)c3)CC4)C2)c1. The largest absolute Gasteiger partial charge is 0.490 e. The fraction of sp³-hybridized carbons (Fsp3) is 0.318. The molecule has 1 aliphatic heterocycles. The van der Waals surface area contributed by atoms with E-state index in [0.29, 0.717) is 48.4 Å². The lowest BCUT2D eigenvalue weighted by Crippen LogP contribution is -2.41. The summed E-state index contributed by atoms with van der Waals surface area (Å²) in [6.07, 6.45) is 2.38. The number of hydrogen-bond acceptors (Lipinski definition) is 4. The molecule has 8 heteroatoms. The summed E-state index contributed by atoms with van der Waals surface area (Å²) in [6.45, 7) is 0. The Kier molecular flexibility index (Phi) is 4.39. The Morgan fingerprint density at radius 3 is 2.63 bits per heavy atom. The first-order valence-electron chi connectivity index (χ1n) is 9.84. The Labute approximate surface area is 170 Å². The molecule has 5 rings (SSSR count). The lowest BCUT2D eigenvalue weighted by Gasteiger charge is -2.34. The summed E-state index contributed by atoms with van der Waals surface area (Å²) in [5, 5.41) is 13.5. The van der Waals surface area contributed by atoms with E-state index in [9.17, 15) is 13.6 Å². The summed E-state index contributed by atoms with van der Waals surface area (Å²) in [5.74, 6) is -0.0391. The van der Waals surface area contributed by atoms with Crippen LogP contribution in [0.25, 0.3) is 0 Å². The third kappa shape index (κ3) is 3.16. The standard InChI is InChI=1S/C22H18F2N4O2/c23-15-7-14(8-16(24)9-15)20-4-5-21-26-28(22(29)27(20)21)17-10-19(11-17)30-18-3-1-2-13(6-18)12-25/h1-3,6-9,17,19-20H,4-5,10-11H2/t17-,19-,20-/m0/s1. The molecule has 1 saturated carbocycles. The monoisotopic (exact) mass is 408 g/mol. The topological polar surface area (TPSA) is 72.8 Å². The second-order valence-corrected chi connectivity index (χ2v) is 7.78. The van der Waals surface area contributed by atoms with Crippen molar-refractivity contribution in [2.75, 3.05) is 0 Å². The van der Waals surface area contributed by atoms with E-state index >= 15 is 0 Å². The number of benzene rings is 2. The zero-order valence-corrected chi connectivity index (χ0v) is 16.0. The molecule has 3 aromatic rings. The van der Waals surface area contributed by atoms with E-state index < -0.39 is 17.7 Å². The molecule has 2 heterocycles. The van der Waals surface area contributed by atoms with Gasteiger partial charge in [0.25, 0.3) is 0 Å². The van der Waals surface area contributed by atoms with Crippen molar-refractivity contribution >= 4 is 0 Å². The summed E-state index contributed by atoms with van der Waals surface area (Å²) >= 11 is 0. The fourth-order valence-electron chi connectivity index (χ4n) is 4.30. The maximum Gasteiger partial charge on any atom is 0.346 e. The molecule has 0 amide bonds. The van der Waals surface area contributed by atoms with E-state index in [0.717, 1.165) is 6.07 Å². The number of hydrogen-bond donors (Lipinski definition) is 0. The van der Waals surface area contributed by atoms with Gasteiger partial charge >= 0.3 is 5.69 Å². The zero-order chi connectivity index (χ0) is 20.8. The maximum absolute atomic E-state index is 13.6. The number of fused-ring (bicyclic) bond motifs is 1. The number of halogens is 2. The molecule has 2 aliphatic rings. The van der Waals surface area contributed by atoms with Crippen LogP contribution in [0.5, 0.6) is 5.75 Å². The van der Waals surface area contributed by atoms with Gasteiger partial charge in [0.2, 0.25) is 0 Å². The minimum atomic E-state index is -0.654. The molecule has 30 heavy (non-hydrogen) atoms. The molecule has 2 aromatic carbocycles. The van der Waals surface area contributed by atoms with Crippen LogP contribution < -0.4 is 10.4 Å². The molecule has 0 unspecified atom stereocenters. The predicted octanol–water partition coefficient (Wildman–Crippen LogP) is 3.51. The molecule has 1 atom stereocenters. The molecule has 0 saturated heterocycles. The fourth-order valence-corrected chi connectivity index (χ4v) is 4.30. The van der Waals surface area contributed by atoms with Gasteiger partial charge in [-0.1, -0.05) is 6.07 Å². The predicted molar refractivity (Wildman–Crippen MR) is 103 cm³/mol. The van der Waals surface area contributed by atoms with Crippen LogP contribution in [-0.2, 0) is 6.42 Å². The molecule has 1 aromatic heterocycles. The molecule has 0 bridgehead atoms. The molecule has 1 fully saturated rings. The minimum Gasteiger partial charge on any atom is -0.490 e. The van der Waals surface area contributed by atoms with Gasteiger partial charge in [-0.25, -0.2) is 18.3 Å². The first kappa shape index (κ1) is 18.6. The van der Waals surface area contributed by atoms with Crippen LogP contribution in [0.4, 0.5) is 8.78 Å². The van der Waals surface area contributed by atoms with Gasteiger partial charge in [0.1, 0.15) is 29.3 Å². The van der Waals surface area contributed by atoms with Crippen molar-refractivity contribution in [1.29, 1.82) is 5.26 Å². The van der Waals surface area contributed by atoms with Crippen molar-refractivity contribution in [3.8, 4) is 11.8 Å². The van der Waals surface area contributed by atoms with Crippen molar-refractivity contribution in [3.63, 3.8) is 0 Å². The van der Waals surface area contributed by atoms with Gasteiger partial charge < -0.3 is 4.74 Å². The van der Waals surface area contributed by atoms with E-state index in [2.05, 4.69) is 11.2 Å². The van der Waals surface area contributed by atoms with Crippen LogP contribution in [0.3, 0.4) is 0 Å². The second kappa shape index (κ2) is 7.10. The van der Waals surface area contributed by atoms with Gasteiger partial charge in [0, 0.05) is 25.3 Å². The quantitative estimate of drug-likeness (QED) is 0.662. The van der Waals surface area contributed by atoms with Gasteiger partial charge in [-0.3, -0.25) is 4.57 Å². The highest BCUT2D eigenvalue weighted by molar-refractivity contribution is 5.36. The van der Waals surface area contributed by atoms with Crippen molar-refractivity contribution in [2.45, 2.75) is 43.9 Å². The summed E-state index contributed by atoms with van der Waals surface area (Å²) in [6, 6.07) is 11.9. The maximum atomic E-state index is 13.6. The Hall–Kier alpha value is -3.47. The minimum absolute atomic E-state index is 0.0551. The molecule has 0 radical (unpaired) electrons. The van der Waals surface area contributed by atoms with Crippen LogP contribution >= 0.6 is 0 Å². The molecule has 152 valence electrons. The summed E-state index contributed by atoms with van der Waals surface area (Å²) < 4.78 is 36.2. The third-order valence-corrected chi connectivity index (χ3v) is 5.81. The van der Waals surface area contributed by atoms with E-state index in [-0.39, 0.29) is 17.8 Å². The van der Waals surface area contributed by atoms with Crippen LogP contribution in [0.15, 0.2) is 47.3 Å². The summed E-state index contributed by atoms with van der Waals surface area (Å²) in [4.78, 5) is 13.0. The smallest absolute Gasteiger partial charge is 0.346 e. The van der Waals surface area contributed by atoms with Crippen molar-refractivity contribution in [1.82, 2.24) is 14.3 Å². The Balaban J connectivity index is 1.32. The molecule has 6 nitrogen and oxygen atoms in total. The van der Waals surface area contributed by atoms with E-state index in [1.807, 2.05) is 0 Å². The van der Waals surface area contributed by atoms with Crippen molar-refractivity contribution in [3.05, 3.63) is 81.5 Å². The van der Waals surface area contributed by atoms with Crippen molar-refractivity contribution < 1.29 is 13.5 Å². The van der Waals surface area contributed by atoms with Crippen LogP contribution in [0, 0.1) is 23.0 Å². The molecule has 0 N–H and O–H groups in total. The molecular formula is C22H18F2N4O2. The lowest BCUT2D eigenvalue weighted by molar-refractivity contribution is 0.0623. The van der Waals surface area contributed by atoms with E-state index in [1.165, 1.54) is 16.8 Å². The first-order chi connectivity index (χ1) is 14.5. The van der Waals surface area contributed by atoms with E-state index in [4.69, 9.17) is 10.00 Å². The van der Waals surface area contributed by atoms with Crippen LogP contribution in [-0.4, -0.2) is 20.5 Å². The number of aryl methyl sites for hydroxylation is 1. The number of nitriles is 1. The molecule has 1 aliphatic carbocycles. The Bertz CT molecular complexity index is 1200. The van der Waals surface area contributed by atoms with Gasteiger partial charge in [0.05, 0.1) is 23.7 Å². The average molecular weight is 408 g/mol. The first-order valence-corrected chi connectivity index (χ1v) is 9.84. The molecule has 0 spiro atoms. The normalized spacial score (nSPS) is 22.2. The molecular weight excluding hydrogens is 390 g/mol. The van der Waals surface area contributed by atoms with E-state index in [1.54, 1.807) is 28.8 Å². The van der Waals surface area contributed by atoms with Crippen LogP contribution in [0.1, 0.15) is 48.3 Å². The van der Waals surface area contributed by atoms with Crippen molar-refractivity contribution in [2.24, 2.45) is 0 Å². The second-order valence-electron chi connectivity index (χ2n) is 7.78. The van der Waals surface area contributed by atoms with Crippen LogP contribution in [0.2, 0.25) is 0 Å². The van der Waals surface area contributed by atoms with Gasteiger partial charge in [-0.2, -0.15) is 10.4 Å². The highest BCUT2D eigenvalue weighted by Gasteiger charge is 2.37. The average Bonchev–Trinajstić information content (AvgIpc) is 3.24. The number of nitrogens with zero attached hydrogens (tertiary/aromatic N) is 4. The number of rotatable bonds is 4. The van der Waals surface area contributed by atoms with Gasteiger partial charge in [0.15, 0.2) is 0 Å². The lowest BCUT2D eigenvalue weighted by atomic mass is 9.89. The third-order valence-electron chi connectivity index (χ3n) is 5.81. The number of aromatic nitrogens is 3. The highest BCUT2D eigenvalue weighted by Crippen LogP contribution is 2.36. The Morgan fingerprint density at radius 1 is 1.13 bits per heavy atom. The summed E-state index contributed by atoms with van der Waals surface area (Å²) in [5.41, 5.74) is 0.720. The van der Waals surface area contributed by atoms with Gasteiger partial charge in [-0.15, -0.1) is 0 Å². The Morgan fingerprint density at radius 2 is 1.90 bits per heavy atom. The highest BCUT2D eigenvalue weighted by atomic mass is 19.1. The van der Waals surface area contributed by atoms with Gasteiger partial charge in [-0.05, 0) is 42.3 Å². The summed E-state index contributed by atoms with van der Waals surface area (Å²) in [7, 11) is 0. The number of ether oxygens (including phenoxy) is 1.